The Morgan fingerprint density at radius 2 is 1.72 bits per heavy atom. The predicted octanol–water partition coefficient (Wildman–Crippen LogP) is 6.33. The Balaban J connectivity index is 1.75. The van der Waals surface area contributed by atoms with Crippen LogP contribution in [0.4, 0.5) is 22.8 Å². The molecule has 2 amide bonds. The van der Waals surface area contributed by atoms with Crippen LogP contribution in [0.2, 0.25) is 0 Å². The van der Waals surface area contributed by atoms with E-state index in [1.165, 1.54) is 6.07 Å². The molecule has 196 valence electrons. The van der Waals surface area contributed by atoms with Crippen molar-refractivity contribution in [1.82, 2.24) is 10.2 Å². The van der Waals surface area contributed by atoms with E-state index in [9.17, 15) is 22.8 Å². The second kappa shape index (κ2) is 11.2. The van der Waals surface area contributed by atoms with E-state index < -0.39 is 35.1 Å². The summed E-state index contributed by atoms with van der Waals surface area (Å²) in [6.07, 6.45) is -3.82. The molecule has 6 nitrogen and oxygen atoms in total. The monoisotopic (exact) mass is 506 g/mol. The van der Waals surface area contributed by atoms with Crippen molar-refractivity contribution in [3.8, 4) is 0 Å². The third-order valence-corrected chi connectivity index (χ3v) is 5.96. The van der Waals surface area contributed by atoms with Gasteiger partial charge in [0.2, 0.25) is 0 Å². The molecule has 0 aliphatic carbocycles. The predicted molar refractivity (Wildman–Crippen MR) is 129 cm³/mol. The molecule has 1 aliphatic heterocycles. The van der Waals surface area contributed by atoms with Crippen LogP contribution in [0.5, 0.6) is 0 Å². The van der Waals surface area contributed by atoms with Gasteiger partial charge in [0.25, 0.3) is 0 Å². The summed E-state index contributed by atoms with van der Waals surface area (Å²) in [5, 5.41) is 2.93. The third-order valence-electron chi connectivity index (χ3n) is 5.96. The van der Waals surface area contributed by atoms with Crippen LogP contribution >= 0.6 is 0 Å². The first kappa shape index (κ1) is 27.4. The number of nitrogens with one attached hydrogen (secondary N) is 1. The highest BCUT2D eigenvalue weighted by molar-refractivity contribution is 5.70. The first-order valence-corrected chi connectivity index (χ1v) is 12.0. The summed E-state index contributed by atoms with van der Waals surface area (Å²) >= 11 is 0. The van der Waals surface area contributed by atoms with Crippen molar-refractivity contribution in [3.63, 3.8) is 0 Å². The average molecular weight is 507 g/mol. The molecule has 1 heterocycles. The number of hydrogen-bond acceptors (Lipinski definition) is 4. The van der Waals surface area contributed by atoms with Gasteiger partial charge in [0.1, 0.15) is 12.2 Å². The summed E-state index contributed by atoms with van der Waals surface area (Å²) in [6.45, 7) is 6.02. The first-order valence-electron chi connectivity index (χ1n) is 12.0. The number of rotatable bonds is 6. The Bertz CT molecular complexity index is 1040. The molecule has 2 aromatic carbocycles. The molecule has 1 aliphatic rings. The highest BCUT2D eigenvalue weighted by Gasteiger charge is 2.40. The summed E-state index contributed by atoms with van der Waals surface area (Å²) in [4.78, 5) is 27.1. The fraction of sp³-hybridized carbons (Fsp3) is 0.481. The van der Waals surface area contributed by atoms with Crippen LogP contribution in [0.15, 0.2) is 54.6 Å². The van der Waals surface area contributed by atoms with Gasteiger partial charge in [-0.15, -0.1) is 0 Å². The smallest absolute Gasteiger partial charge is 0.416 e. The van der Waals surface area contributed by atoms with E-state index in [0.29, 0.717) is 31.4 Å². The van der Waals surface area contributed by atoms with Crippen molar-refractivity contribution in [2.45, 2.75) is 70.4 Å². The molecule has 0 spiro atoms. The zero-order chi connectivity index (χ0) is 26.4. The van der Waals surface area contributed by atoms with Gasteiger partial charge in [-0.05, 0) is 63.6 Å². The fourth-order valence-corrected chi connectivity index (χ4v) is 4.25. The molecule has 0 saturated carbocycles. The molecular weight excluding hydrogens is 473 g/mol. The number of alkyl carbamates (subject to hydrolysis) is 1. The molecule has 1 atom stereocenters. The molecule has 1 saturated heterocycles. The molecule has 3 rings (SSSR count). The number of nitrogens with zero attached hydrogens (tertiary/aromatic N) is 1. The van der Waals surface area contributed by atoms with Crippen molar-refractivity contribution in [3.05, 3.63) is 71.3 Å². The second-order valence-electron chi connectivity index (χ2n) is 10.2. The minimum absolute atomic E-state index is 0.0756. The molecule has 0 radical (unpaired) electrons. The number of halogens is 3. The minimum atomic E-state index is -4.44. The number of aryl methyl sites for hydroxylation is 1. The lowest BCUT2D eigenvalue weighted by atomic mass is 9.83. The number of benzene rings is 2. The van der Waals surface area contributed by atoms with Gasteiger partial charge < -0.3 is 19.7 Å². The number of carbonyl (C=O) groups excluding carboxylic acids is 2. The standard InChI is InChI=1S/C27H33F3N2O4/c1-25(2,3)36-24(34)32-16-8-14-26(19-32,31-23(33)35-18-21-9-5-4-6-10-21)15-13-20-11-7-12-22(17-20)27(28,29)30/h4-7,9-12,17H,8,13-16,18-19H2,1-3H3,(H,31,33). The number of hydrogen-bond donors (Lipinski definition) is 1. The SMILES string of the molecule is CC(C)(C)OC(=O)N1CCCC(CCc2cccc(C(F)(F)F)c2)(NC(=O)OCc2ccccc2)C1. The summed E-state index contributed by atoms with van der Waals surface area (Å²) in [7, 11) is 0. The highest BCUT2D eigenvalue weighted by Crippen LogP contribution is 2.32. The second-order valence-corrected chi connectivity index (χ2v) is 10.2. The van der Waals surface area contributed by atoms with Gasteiger partial charge in [-0.1, -0.05) is 48.5 Å². The molecule has 36 heavy (non-hydrogen) atoms. The van der Waals surface area contributed by atoms with Crippen molar-refractivity contribution in [1.29, 1.82) is 0 Å². The molecule has 1 unspecified atom stereocenters. The largest absolute Gasteiger partial charge is 0.445 e. The lowest BCUT2D eigenvalue weighted by molar-refractivity contribution is -0.137. The maximum atomic E-state index is 13.2. The zero-order valence-corrected chi connectivity index (χ0v) is 20.9. The zero-order valence-electron chi connectivity index (χ0n) is 20.9. The number of amides is 2. The van der Waals surface area contributed by atoms with Gasteiger partial charge in [0.15, 0.2) is 0 Å². The number of alkyl halides is 3. The number of ether oxygens (including phenoxy) is 2. The normalized spacial score (nSPS) is 18.4. The van der Waals surface area contributed by atoms with Crippen molar-refractivity contribution in [2.75, 3.05) is 13.1 Å². The van der Waals surface area contributed by atoms with Crippen molar-refractivity contribution >= 4 is 12.2 Å². The summed E-state index contributed by atoms with van der Waals surface area (Å²) in [6, 6.07) is 14.4. The molecule has 1 N–H and O–H groups in total. The van der Waals surface area contributed by atoms with Crippen LogP contribution in [0, 0.1) is 0 Å². The topological polar surface area (TPSA) is 67.9 Å². The van der Waals surface area contributed by atoms with Crippen LogP contribution in [-0.2, 0) is 28.7 Å². The maximum absolute atomic E-state index is 13.2. The Labute approximate surface area is 209 Å². The van der Waals surface area contributed by atoms with Gasteiger partial charge in [-0.2, -0.15) is 13.2 Å². The third kappa shape index (κ3) is 8.17. The number of likely N-dealkylation sites (tertiary alicyclic amines) is 1. The van der Waals surface area contributed by atoms with Crippen molar-refractivity contribution in [2.24, 2.45) is 0 Å². The van der Waals surface area contributed by atoms with E-state index in [1.54, 1.807) is 31.7 Å². The number of piperidine rings is 1. The summed E-state index contributed by atoms with van der Waals surface area (Å²) in [5.74, 6) is 0. The molecule has 0 aromatic heterocycles. The molecule has 2 aromatic rings. The molecule has 0 bridgehead atoms. The average Bonchev–Trinajstić information content (AvgIpc) is 2.81. The fourth-order valence-electron chi connectivity index (χ4n) is 4.25. The Kier molecular flexibility index (Phi) is 8.53. The Morgan fingerprint density at radius 3 is 2.39 bits per heavy atom. The van der Waals surface area contributed by atoms with Crippen LogP contribution in [0.1, 0.15) is 56.7 Å². The maximum Gasteiger partial charge on any atom is 0.416 e. The summed E-state index contributed by atoms with van der Waals surface area (Å²) < 4.78 is 50.5. The van der Waals surface area contributed by atoms with Crippen LogP contribution in [0.25, 0.3) is 0 Å². The van der Waals surface area contributed by atoms with Gasteiger partial charge in [0.05, 0.1) is 11.1 Å². The van der Waals surface area contributed by atoms with Gasteiger partial charge in [0, 0.05) is 13.1 Å². The molecular formula is C27H33F3N2O4. The van der Waals surface area contributed by atoms with Crippen LogP contribution < -0.4 is 5.32 Å². The van der Waals surface area contributed by atoms with Gasteiger partial charge >= 0.3 is 18.4 Å². The lowest BCUT2D eigenvalue weighted by Gasteiger charge is -2.43. The van der Waals surface area contributed by atoms with E-state index in [4.69, 9.17) is 9.47 Å². The molecule has 9 heteroatoms. The van der Waals surface area contributed by atoms with E-state index in [-0.39, 0.29) is 19.6 Å². The van der Waals surface area contributed by atoms with E-state index in [0.717, 1.165) is 17.7 Å². The van der Waals surface area contributed by atoms with Crippen molar-refractivity contribution < 1.29 is 32.2 Å². The van der Waals surface area contributed by atoms with Crippen LogP contribution in [0.3, 0.4) is 0 Å². The Morgan fingerprint density at radius 1 is 1.03 bits per heavy atom. The molecule has 1 fully saturated rings. The quantitative estimate of drug-likeness (QED) is 0.497. The van der Waals surface area contributed by atoms with E-state index in [2.05, 4.69) is 5.32 Å². The Hall–Kier alpha value is -3.23. The highest BCUT2D eigenvalue weighted by atomic mass is 19.4. The first-order chi connectivity index (χ1) is 16.9. The van der Waals surface area contributed by atoms with E-state index in [1.807, 2.05) is 30.3 Å². The summed E-state index contributed by atoms with van der Waals surface area (Å²) in [5.41, 5.74) is -0.958. The number of carbonyl (C=O) groups is 2. The van der Waals surface area contributed by atoms with Gasteiger partial charge in [-0.25, -0.2) is 9.59 Å². The lowest BCUT2D eigenvalue weighted by Crippen LogP contribution is -2.60. The van der Waals surface area contributed by atoms with E-state index >= 15 is 0 Å². The van der Waals surface area contributed by atoms with Crippen LogP contribution in [-0.4, -0.2) is 41.3 Å². The van der Waals surface area contributed by atoms with Gasteiger partial charge in [-0.3, -0.25) is 0 Å². The minimum Gasteiger partial charge on any atom is -0.445 e.